The van der Waals surface area contributed by atoms with Gasteiger partial charge in [-0.05, 0) is 19.1 Å². The van der Waals surface area contributed by atoms with Gasteiger partial charge in [0.2, 0.25) is 11.5 Å². The number of hydrogen-bond donors (Lipinski definition) is 1. The van der Waals surface area contributed by atoms with E-state index in [1.165, 1.54) is 23.5 Å². The topological polar surface area (TPSA) is 80.4 Å². The van der Waals surface area contributed by atoms with Gasteiger partial charge in [0, 0.05) is 0 Å². The molecule has 82 valence electrons. The van der Waals surface area contributed by atoms with E-state index in [0.717, 1.165) is 0 Å². The van der Waals surface area contributed by atoms with E-state index in [2.05, 4.69) is 4.98 Å². The molecular formula is C10H7NO4S. The first kappa shape index (κ1) is 10.6. The summed E-state index contributed by atoms with van der Waals surface area (Å²) in [6.07, 6.45) is 0. The molecule has 0 bridgehead atoms. The lowest BCUT2D eigenvalue weighted by Gasteiger charge is -1.93. The lowest BCUT2D eigenvalue weighted by Crippen LogP contribution is -1.99. The van der Waals surface area contributed by atoms with Crippen molar-refractivity contribution >= 4 is 23.1 Å². The molecule has 5 nitrogen and oxygen atoms in total. The minimum atomic E-state index is -1.19. The number of furan rings is 1. The number of ketones is 1. The quantitative estimate of drug-likeness (QED) is 0.825. The van der Waals surface area contributed by atoms with Crippen LogP contribution in [0.3, 0.4) is 0 Å². The Kier molecular flexibility index (Phi) is 2.57. The van der Waals surface area contributed by atoms with Gasteiger partial charge in [0.05, 0.1) is 11.2 Å². The minimum Gasteiger partial charge on any atom is -0.475 e. The molecule has 0 amide bonds. The zero-order chi connectivity index (χ0) is 11.7. The molecule has 0 unspecified atom stereocenters. The highest BCUT2D eigenvalue weighted by molar-refractivity contribution is 7.12. The smallest absolute Gasteiger partial charge is 0.371 e. The fourth-order valence-electron chi connectivity index (χ4n) is 1.21. The van der Waals surface area contributed by atoms with Gasteiger partial charge in [-0.1, -0.05) is 0 Å². The van der Waals surface area contributed by atoms with Crippen LogP contribution in [0.1, 0.15) is 31.7 Å². The summed E-state index contributed by atoms with van der Waals surface area (Å²) in [5.74, 6) is -1.76. The van der Waals surface area contributed by atoms with Crippen LogP contribution >= 0.6 is 11.3 Å². The number of aromatic carboxylic acids is 1. The predicted molar refractivity (Wildman–Crippen MR) is 56.0 cm³/mol. The molecule has 2 aromatic heterocycles. The molecule has 0 aliphatic carbocycles. The van der Waals surface area contributed by atoms with E-state index in [1.807, 2.05) is 0 Å². The molecule has 0 spiro atoms. The molecule has 2 aromatic rings. The Morgan fingerprint density at radius 1 is 1.38 bits per heavy atom. The molecule has 2 heterocycles. The van der Waals surface area contributed by atoms with Crippen LogP contribution in [0.25, 0.3) is 0 Å². The molecule has 0 radical (unpaired) electrons. The average molecular weight is 237 g/mol. The van der Waals surface area contributed by atoms with Crippen molar-refractivity contribution in [3.05, 3.63) is 39.7 Å². The second-order valence-corrected chi connectivity index (χ2v) is 3.92. The van der Waals surface area contributed by atoms with E-state index in [4.69, 9.17) is 9.52 Å². The van der Waals surface area contributed by atoms with Crippen molar-refractivity contribution < 1.29 is 19.1 Å². The average Bonchev–Trinajstić information content (AvgIpc) is 2.84. The van der Waals surface area contributed by atoms with E-state index < -0.39 is 5.97 Å². The highest BCUT2D eigenvalue weighted by Gasteiger charge is 2.19. The summed E-state index contributed by atoms with van der Waals surface area (Å²) >= 11 is 1.20. The number of thiazole rings is 1. The van der Waals surface area contributed by atoms with Crippen LogP contribution in [0.15, 0.2) is 22.1 Å². The Balaban J connectivity index is 2.35. The van der Waals surface area contributed by atoms with Crippen molar-refractivity contribution in [2.45, 2.75) is 6.92 Å². The van der Waals surface area contributed by atoms with Crippen LogP contribution in [-0.4, -0.2) is 21.8 Å². The second-order valence-electron chi connectivity index (χ2n) is 3.07. The molecular weight excluding hydrogens is 230 g/mol. The maximum Gasteiger partial charge on any atom is 0.371 e. The second kappa shape index (κ2) is 3.90. The Morgan fingerprint density at radius 2 is 2.06 bits per heavy atom. The fourth-order valence-corrected chi connectivity index (χ4v) is 1.95. The Morgan fingerprint density at radius 3 is 2.56 bits per heavy atom. The van der Waals surface area contributed by atoms with Gasteiger partial charge in [0.25, 0.3) is 0 Å². The molecule has 0 saturated carbocycles. The van der Waals surface area contributed by atoms with Crippen LogP contribution in [0, 0.1) is 6.92 Å². The van der Waals surface area contributed by atoms with Crippen LogP contribution < -0.4 is 0 Å². The Hall–Kier alpha value is -1.95. The number of aryl methyl sites for hydroxylation is 1. The zero-order valence-electron chi connectivity index (χ0n) is 8.26. The van der Waals surface area contributed by atoms with Crippen molar-refractivity contribution in [3.8, 4) is 0 Å². The third-order valence-corrected chi connectivity index (χ3v) is 2.92. The molecule has 0 aromatic carbocycles. The number of nitrogens with zero attached hydrogens (tertiary/aromatic N) is 1. The summed E-state index contributed by atoms with van der Waals surface area (Å²) in [6, 6.07) is 2.61. The molecule has 16 heavy (non-hydrogen) atoms. The van der Waals surface area contributed by atoms with Crippen LogP contribution in [0.5, 0.6) is 0 Å². The van der Waals surface area contributed by atoms with Crippen molar-refractivity contribution in [2.75, 3.05) is 0 Å². The van der Waals surface area contributed by atoms with E-state index >= 15 is 0 Å². The molecule has 6 heteroatoms. The molecule has 0 fully saturated rings. The normalized spacial score (nSPS) is 10.3. The first-order valence-corrected chi connectivity index (χ1v) is 5.25. The van der Waals surface area contributed by atoms with Gasteiger partial charge >= 0.3 is 5.97 Å². The summed E-state index contributed by atoms with van der Waals surface area (Å²) in [5, 5.41) is 8.65. The number of aromatic nitrogens is 1. The Labute approximate surface area is 94.4 Å². The highest BCUT2D eigenvalue weighted by Crippen LogP contribution is 2.19. The van der Waals surface area contributed by atoms with E-state index in [1.54, 1.807) is 12.4 Å². The number of rotatable bonds is 3. The standard InChI is InChI=1S/C10H7NO4S/c1-5-9(16-4-11-5)8(12)6-2-3-7(15-6)10(13)14/h2-4H,1H3,(H,13,14). The van der Waals surface area contributed by atoms with Gasteiger partial charge in [0.15, 0.2) is 5.76 Å². The number of hydrogen-bond acceptors (Lipinski definition) is 5. The number of carbonyl (C=O) groups is 2. The van der Waals surface area contributed by atoms with Gasteiger partial charge in [-0.2, -0.15) is 0 Å². The first-order chi connectivity index (χ1) is 7.59. The summed E-state index contributed by atoms with van der Waals surface area (Å²) in [6.45, 7) is 1.71. The first-order valence-electron chi connectivity index (χ1n) is 4.37. The molecule has 1 N–H and O–H groups in total. The molecule has 2 rings (SSSR count). The number of carboxylic acid groups (broad SMARTS) is 1. The maximum absolute atomic E-state index is 11.8. The summed E-state index contributed by atoms with van der Waals surface area (Å²) < 4.78 is 4.92. The third kappa shape index (κ3) is 1.74. The molecule has 0 aliphatic rings. The molecule has 0 aliphatic heterocycles. The van der Waals surface area contributed by atoms with E-state index in [0.29, 0.717) is 10.6 Å². The minimum absolute atomic E-state index is 0.0183. The van der Waals surface area contributed by atoms with Crippen LogP contribution in [0.2, 0.25) is 0 Å². The largest absolute Gasteiger partial charge is 0.475 e. The van der Waals surface area contributed by atoms with Gasteiger partial charge in [0.1, 0.15) is 4.88 Å². The summed E-state index contributed by atoms with van der Waals surface area (Å²) in [5.41, 5.74) is 2.17. The SMILES string of the molecule is Cc1ncsc1C(=O)c1ccc(C(=O)O)o1. The van der Waals surface area contributed by atoms with E-state index in [-0.39, 0.29) is 17.3 Å². The number of carbonyl (C=O) groups excluding carboxylic acids is 1. The highest BCUT2D eigenvalue weighted by atomic mass is 32.1. The van der Waals surface area contributed by atoms with Crippen LogP contribution in [-0.2, 0) is 0 Å². The van der Waals surface area contributed by atoms with E-state index in [9.17, 15) is 9.59 Å². The van der Waals surface area contributed by atoms with Crippen molar-refractivity contribution in [2.24, 2.45) is 0 Å². The van der Waals surface area contributed by atoms with Crippen molar-refractivity contribution in [1.29, 1.82) is 0 Å². The van der Waals surface area contributed by atoms with Crippen molar-refractivity contribution in [1.82, 2.24) is 4.98 Å². The lowest BCUT2D eigenvalue weighted by atomic mass is 10.2. The fraction of sp³-hybridized carbons (Fsp3) is 0.100. The molecule has 0 saturated heterocycles. The maximum atomic E-state index is 11.8. The lowest BCUT2D eigenvalue weighted by molar-refractivity contribution is 0.0660. The van der Waals surface area contributed by atoms with Crippen LogP contribution in [0.4, 0.5) is 0 Å². The third-order valence-electron chi connectivity index (χ3n) is 1.99. The Bertz CT molecular complexity index is 555. The zero-order valence-corrected chi connectivity index (χ0v) is 9.08. The molecule has 0 atom stereocenters. The van der Waals surface area contributed by atoms with Crippen molar-refractivity contribution in [3.63, 3.8) is 0 Å². The van der Waals surface area contributed by atoms with Gasteiger partial charge < -0.3 is 9.52 Å². The monoisotopic (exact) mass is 237 g/mol. The van der Waals surface area contributed by atoms with Gasteiger partial charge in [-0.15, -0.1) is 11.3 Å². The summed E-state index contributed by atoms with van der Waals surface area (Å²) in [7, 11) is 0. The summed E-state index contributed by atoms with van der Waals surface area (Å²) in [4.78, 5) is 26.8. The van der Waals surface area contributed by atoms with Gasteiger partial charge in [-0.3, -0.25) is 4.79 Å². The number of carboxylic acids is 1. The van der Waals surface area contributed by atoms with Gasteiger partial charge in [-0.25, -0.2) is 9.78 Å². The predicted octanol–water partition coefficient (Wildman–Crippen LogP) is 1.97.